The van der Waals surface area contributed by atoms with Gasteiger partial charge >= 0.3 is 0 Å². The average Bonchev–Trinajstić information content (AvgIpc) is 2.55. The van der Waals surface area contributed by atoms with Gasteiger partial charge in [-0.05, 0) is 43.1 Å². The highest BCUT2D eigenvalue weighted by Crippen LogP contribution is 2.22. The van der Waals surface area contributed by atoms with Gasteiger partial charge in [0.25, 0.3) is 5.91 Å². The Kier molecular flexibility index (Phi) is 6.31. The van der Waals surface area contributed by atoms with E-state index in [1.54, 1.807) is 26.0 Å². The van der Waals surface area contributed by atoms with Crippen molar-refractivity contribution in [2.24, 2.45) is 11.8 Å². The van der Waals surface area contributed by atoms with Gasteiger partial charge in [0.2, 0.25) is 5.91 Å². The predicted octanol–water partition coefficient (Wildman–Crippen LogP) is 3.03. The van der Waals surface area contributed by atoms with E-state index in [0.717, 1.165) is 25.9 Å². The Morgan fingerprint density at radius 3 is 2.46 bits per heavy atom. The van der Waals surface area contributed by atoms with Crippen molar-refractivity contribution in [2.75, 3.05) is 18.4 Å². The number of hydrogen-bond donors (Lipinski definition) is 2. The lowest BCUT2D eigenvalue weighted by atomic mass is 9.98. The Hall–Kier alpha value is -1.95. The molecule has 0 atom stereocenters. The van der Waals surface area contributed by atoms with Gasteiger partial charge in [-0.2, -0.15) is 0 Å². The first-order valence-electron chi connectivity index (χ1n) is 8.38. The van der Waals surface area contributed by atoms with Crippen LogP contribution < -0.4 is 10.6 Å². The van der Waals surface area contributed by atoms with E-state index in [-0.39, 0.29) is 22.8 Å². The Bertz CT molecular complexity index is 622. The van der Waals surface area contributed by atoms with Gasteiger partial charge in [0, 0.05) is 19.0 Å². The molecule has 1 saturated heterocycles. The molecular formula is C18H25N3O2S. The standard InChI is InChI=1S/C18H25N3O2S/c1-12(2)16(22)20-18(24)19-15-7-5-4-6-14(15)17(23)21-10-8-13(3)9-11-21/h4-7,12-13H,8-11H2,1-3H3,(H2,19,20,22,24). The van der Waals surface area contributed by atoms with Gasteiger partial charge in [-0.25, -0.2) is 0 Å². The molecule has 1 aliphatic heterocycles. The molecule has 0 unspecified atom stereocenters. The van der Waals surface area contributed by atoms with Crippen LogP contribution in [0.15, 0.2) is 24.3 Å². The van der Waals surface area contributed by atoms with Gasteiger partial charge in [-0.1, -0.05) is 32.9 Å². The SMILES string of the molecule is CC1CCN(C(=O)c2ccccc2NC(=S)NC(=O)C(C)C)CC1. The van der Waals surface area contributed by atoms with Crippen LogP contribution in [-0.2, 0) is 4.79 Å². The van der Waals surface area contributed by atoms with Crippen molar-refractivity contribution >= 4 is 34.8 Å². The maximum absolute atomic E-state index is 12.8. The second-order valence-corrected chi connectivity index (χ2v) is 7.03. The number of amides is 2. The van der Waals surface area contributed by atoms with Gasteiger partial charge in [0.05, 0.1) is 11.3 Å². The van der Waals surface area contributed by atoms with Crippen LogP contribution in [0.4, 0.5) is 5.69 Å². The van der Waals surface area contributed by atoms with E-state index in [9.17, 15) is 9.59 Å². The molecule has 1 aromatic rings. The fourth-order valence-corrected chi connectivity index (χ4v) is 2.78. The maximum Gasteiger partial charge on any atom is 0.255 e. The number of thiocarbonyl (C=S) groups is 1. The zero-order valence-electron chi connectivity index (χ0n) is 14.5. The van der Waals surface area contributed by atoms with E-state index in [1.807, 2.05) is 17.0 Å². The summed E-state index contributed by atoms with van der Waals surface area (Å²) >= 11 is 5.18. The van der Waals surface area contributed by atoms with Crippen LogP contribution >= 0.6 is 12.2 Å². The molecule has 5 nitrogen and oxygen atoms in total. The third kappa shape index (κ3) is 4.77. The van der Waals surface area contributed by atoms with Crippen LogP contribution in [0.3, 0.4) is 0 Å². The number of benzene rings is 1. The summed E-state index contributed by atoms with van der Waals surface area (Å²) in [5.74, 6) is 0.363. The molecule has 0 radical (unpaired) electrons. The van der Waals surface area contributed by atoms with Crippen LogP contribution in [0.2, 0.25) is 0 Å². The minimum Gasteiger partial charge on any atom is -0.339 e. The van der Waals surface area contributed by atoms with Crippen LogP contribution in [0.1, 0.15) is 44.0 Å². The third-order valence-corrected chi connectivity index (χ3v) is 4.44. The summed E-state index contributed by atoms with van der Waals surface area (Å²) in [7, 11) is 0. The first-order valence-corrected chi connectivity index (χ1v) is 8.79. The van der Waals surface area contributed by atoms with E-state index in [4.69, 9.17) is 12.2 Å². The second kappa shape index (κ2) is 8.24. The summed E-state index contributed by atoms with van der Waals surface area (Å²) in [5.41, 5.74) is 1.20. The fraction of sp³-hybridized carbons (Fsp3) is 0.500. The highest BCUT2D eigenvalue weighted by Gasteiger charge is 2.23. The average molecular weight is 347 g/mol. The first kappa shape index (κ1) is 18.4. The number of anilines is 1. The number of likely N-dealkylation sites (tertiary alicyclic amines) is 1. The number of para-hydroxylation sites is 1. The predicted molar refractivity (Wildman–Crippen MR) is 99.9 cm³/mol. The number of nitrogens with zero attached hydrogens (tertiary/aromatic N) is 1. The molecule has 1 aliphatic rings. The van der Waals surface area contributed by atoms with Crippen molar-refractivity contribution in [3.63, 3.8) is 0 Å². The smallest absolute Gasteiger partial charge is 0.255 e. The molecule has 2 rings (SSSR count). The minimum absolute atomic E-state index is 0.00276. The molecule has 0 saturated carbocycles. The van der Waals surface area contributed by atoms with E-state index >= 15 is 0 Å². The Morgan fingerprint density at radius 2 is 1.83 bits per heavy atom. The van der Waals surface area contributed by atoms with Gasteiger partial charge in [0.15, 0.2) is 5.11 Å². The van der Waals surface area contributed by atoms with E-state index in [2.05, 4.69) is 17.6 Å². The molecule has 0 spiro atoms. The summed E-state index contributed by atoms with van der Waals surface area (Å²) in [4.78, 5) is 26.4. The van der Waals surface area contributed by atoms with E-state index in [1.165, 1.54) is 0 Å². The van der Waals surface area contributed by atoms with Crippen molar-refractivity contribution < 1.29 is 9.59 Å². The van der Waals surface area contributed by atoms with Crippen molar-refractivity contribution in [1.82, 2.24) is 10.2 Å². The largest absolute Gasteiger partial charge is 0.339 e. The molecule has 130 valence electrons. The molecular weight excluding hydrogens is 322 g/mol. The normalized spacial score (nSPS) is 15.2. The molecule has 0 bridgehead atoms. The van der Waals surface area contributed by atoms with Crippen LogP contribution in [0.25, 0.3) is 0 Å². The first-order chi connectivity index (χ1) is 11.4. The molecule has 2 amide bonds. The molecule has 0 aliphatic carbocycles. The van der Waals surface area contributed by atoms with Crippen LogP contribution in [-0.4, -0.2) is 34.9 Å². The molecule has 2 N–H and O–H groups in total. The summed E-state index contributed by atoms with van der Waals surface area (Å²) in [6.45, 7) is 7.37. The monoisotopic (exact) mass is 347 g/mol. The molecule has 6 heteroatoms. The Balaban J connectivity index is 2.08. The molecule has 1 aromatic carbocycles. The van der Waals surface area contributed by atoms with E-state index in [0.29, 0.717) is 17.2 Å². The Labute approximate surface area is 148 Å². The minimum atomic E-state index is -0.156. The highest BCUT2D eigenvalue weighted by atomic mass is 32.1. The van der Waals surface area contributed by atoms with Crippen molar-refractivity contribution in [3.8, 4) is 0 Å². The lowest BCUT2D eigenvalue weighted by molar-refractivity contribution is -0.122. The highest BCUT2D eigenvalue weighted by molar-refractivity contribution is 7.80. The zero-order valence-corrected chi connectivity index (χ0v) is 15.3. The third-order valence-electron chi connectivity index (χ3n) is 4.24. The maximum atomic E-state index is 12.8. The number of carbonyl (C=O) groups excluding carboxylic acids is 2. The number of nitrogens with one attached hydrogen (secondary N) is 2. The Morgan fingerprint density at radius 1 is 1.21 bits per heavy atom. The molecule has 1 fully saturated rings. The van der Waals surface area contributed by atoms with Crippen molar-refractivity contribution in [1.29, 1.82) is 0 Å². The molecule has 24 heavy (non-hydrogen) atoms. The van der Waals surface area contributed by atoms with Crippen LogP contribution in [0, 0.1) is 11.8 Å². The summed E-state index contributed by atoms with van der Waals surface area (Å²) in [6.07, 6.45) is 2.06. The lowest BCUT2D eigenvalue weighted by Crippen LogP contribution is -2.39. The van der Waals surface area contributed by atoms with Crippen molar-refractivity contribution in [2.45, 2.75) is 33.6 Å². The topological polar surface area (TPSA) is 61.4 Å². The molecule has 1 heterocycles. The van der Waals surface area contributed by atoms with Crippen LogP contribution in [0.5, 0.6) is 0 Å². The number of piperidine rings is 1. The van der Waals surface area contributed by atoms with Gasteiger partial charge in [-0.3, -0.25) is 9.59 Å². The number of hydrogen-bond acceptors (Lipinski definition) is 3. The molecule has 0 aromatic heterocycles. The lowest BCUT2D eigenvalue weighted by Gasteiger charge is -2.31. The number of carbonyl (C=O) groups is 2. The quantitative estimate of drug-likeness (QED) is 0.825. The van der Waals surface area contributed by atoms with Gasteiger partial charge < -0.3 is 15.5 Å². The van der Waals surface area contributed by atoms with Gasteiger partial charge in [-0.15, -0.1) is 0 Å². The van der Waals surface area contributed by atoms with Gasteiger partial charge in [0.1, 0.15) is 0 Å². The summed E-state index contributed by atoms with van der Waals surface area (Å²) < 4.78 is 0. The van der Waals surface area contributed by atoms with E-state index < -0.39 is 0 Å². The summed E-state index contributed by atoms with van der Waals surface area (Å²) in [6, 6.07) is 7.26. The zero-order chi connectivity index (χ0) is 17.7. The fourth-order valence-electron chi connectivity index (χ4n) is 2.57. The number of rotatable bonds is 3. The second-order valence-electron chi connectivity index (χ2n) is 6.62. The van der Waals surface area contributed by atoms with Crippen molar-refractivity contribution in [3.05, 3.63) is 29.8 Å². The summed E-state index contributed by atoms with van der Waals surface area (Å²) in [5, 5.41) is 5.82.